The van der Waals surface area contributed by atoms with E-state index in [2.05, 4.69) is 4.74 Å². The number of aliphatic hydroxyl groups is 1. The molecule has 0 amide bonds. The smallest absolute Gasteiger partial charge is 0.302 e. The molecule has 3 fully saturated rings. The molecule has 2 aromatic carbocycles. The first-order valence-corrected chi connectivity index (χ1v) is 14.9. The number of aliphatic carboxylic acids is 2. The van der Waals surface area contributed by atoms with Crippen molar-refractivity contribution in [3.63, 3.8) is 0 Å². The number of ether oxygens (including phenoxy) is 1. The van der Waals surface area contributed by atoms with Gasteiger partial charge in [-0.25, -0.2) is 0 Å². The number of aliphatic hydroxyl groups excluding tert-OH is 1. The molecule has 2 aromatic rings. The van der Waals surface area contributed by atoms with Crippen molar-refractivity contribution in [3.05, 3.63) is 72.8 Å². The van der Waals surface area contributed by atoms with E-state index in [-0.39, 0.29) is 51.1 Å². The third-order valence-electron chi connectivity index (χ3n) is 6.03. The zero-order chi connectivity index (χ0) is 33.5. The Morgan fingerprint density at radius 2 is 0.841 bits per heavy atom. The van der Waals surface area contributed by atoms with Crippen molar-refractivity contribution >= 4 is 23.7 Å². The quantitative estimate of drug-likeness (QED) is 0.261. The van der Waals surface area contributed by atoms with Crippen LogP contribution in [0.2, 0.25) is 0 Å². The molecule has 1 radical (unpaired) electrons. The summed E-state index contributed by atoms with van der Waals surface area (Å²) >= 11 is 0. The van der Waals surface area contributed by atoms with Crippen LogP contribution in [0.5, 0.6) is 0 Å². The largest absolute Gasteiger partial charge is 0.481 e. The monoisotopic (exact) mass is 693 g/mol. The van der Waals surface area contributed by atoms with Crippen molar-refractivity contribution < 1.29 is 71.9 Å². The number of carbonyl (C=O) groups excluding carboxylic acids is 2. The maximum Gasteiger partial charge on any atom is 0.302 e. The fourth-order valence-electron chi connectivity index (χ4n) is 4.99. The summed E-state index contributed by atoms with van der Waals surface area (Å²) in [6.07, 6.45) is 9.53. The third-order valence-corrected chi connectivity index (χ3v) is 6.03. The Kier molecular flexibility index (Phi) is 38.6. The standard InChI is InChI=1S/C10H16.2C6H6.C4H8O2.C3H6O.2C2H4O2.C2H6O.Y/c1-2-9-7-4-5-8(6-7)10(9)3-1;2*1-2-4-6-5-3-1;1-3-6-4(2)5;1-3(2)4;2*1-2(3)4;1-2-3;/h7-10H,1-6H2;2*1-6H;3H2,1-2H3;1-2H3;2*1H3,(H,3,4);3H,2H2,1H3;. The van der Waals surface area contributed by atoms with Crippen molar-refractivity contribution in [1.82, 2.24) is 0 Å². The first kappa shape index (κ1) is 48.5. The summed E-state index contributed by atoms with van der Waals surface area (Å²) in [6.45, 7) is 10.8. The van der Waals surface area contributed by atoms with Crippen LogP contribution < -0.4 is 0 Å². The van der Waals surface area contributed by atoms with E-state index in [0.717, 1.165) is 13.8 Å². The molecule has 3 saturated carbocycles. The number of fused-ring (bicyclic) bond motifs is 5. The summed E-state index contributed by atoms with van der Waals surface area (Å²) < 4.78 is 4.40. The molecule has 8 nitrogen and oxygen atoms in total. The molecule has 3 N–H and O–H groups in total. The molecule has 5 rings (SSSR count). The van der Waals surface area contributed by atoms with Crippen LogP contribution in [0.25, 0.3) is 0 Å². The van der Waals surface area contributed by atoms with E-state index in [1.54, 1.807) is 52.4 Å². The molecule has 4 atom stereocenters. The summed E-state index contributed by atoms with van der Waals surface area (Å²) in [6, 6.07) is 24.0. The SMILES string of the molecule is C1CC2C3CCC(C3)C2C1.CC(=O)O.CC(=O)O.CC(C)=O.CCO.CCOC(C)=O.[Y].c1ccccc1.c1ccccc1. The molecular formula is C35H56O8Y. The molecule has 0 heterocycles. The zero-order valence-corrected chi connectivity index (χ0v) is 30.7. The number of Topliss-reactive ketones (excluding diaryl/α,β-unsaturated/α-hetero) is 1. The summed E-state index contributed by atoms with van der Waals surface area (Å²) in [5, 5.41) is 22.4. The number of hydrogen-bond acceptors (Lipinski definition) is 6. The minimum Gasteiger partial charge on any atom is -0.481 e. The molecule has 44 heavy (non-hydrogen) atoms. The molecule has 9 heteroatoms. The van der Waals surface area contributed by atoms with Gasteiger partial charge >= 0.3 is 5.97 Å². The molecule has 0 spiro atoms. The molecule has 2 bridgehead atoms. The van der Waals surface area contributed by atoms with Crippen LogP contribution >= 0.6 is 0 Å². The summed E-state index contributed by atoms with van der Waals surface area (Å²) in [7, 11) is 0. The van der Waals surface area contributed by atoms with Gasteiger partial charge in [-0.15, -0.1) is 0 Å². The first-order chi connectivity index (χ1) is 20.3. The van der Waals surface area contributed by atoms with E-state index in [1.165, 1.54) is 44.4 Å². The van der Waals surface area contributed by atoms with Gasteiger partial charge in [-0.3, -0.25) is 14.4 Å². The topological polar surface area (TPSA) is 138 Å². The number of rotatable bonds is 1. The predicted octanol–water partition coefficient (Wildman–Crippen LogP) is 7.55. The number of benzene rings is 2. The normalized spacial score (nSPS) is 18.5. The second-order valence-electron chi connectivity index (χ2n) is 10.1. The van der Waals surface area contributed by atoms with Gasteiger partial charge in [-0.05, 0) is 83.5 Å². The fourth-order valence-corrected chi connectivity index (χ4v) is 4.99. The number of esters is 1. The van der Waals surface area contributed by atoms with E-state index in [1.807, 2.05) is 72.8 Å². The molecular weight excluding hydrogens is 637 g/mol. The third kappa shape index (κ3) is 37.6. The molecule has 4 unspecified atom stereocenters. The Bertz CT molecular complexity index is 783. The number of hydrogen-bond donors (Lipinski definition) is 3. The van der Waals surface area contributed by atoms with Gasteiger partial charge in [0, 0.05) is 60.1 Å². The van der Waals surface area contributed by atoms with E-state index in [0.29, 0.717) is 6.61 Å². The zero-order valence-electron chi connectivity index (χ0n) is 27.9. The Morgan fingerprint density at radius 3 is 1.00 bits per heavy atom. The number of ketones is 1. The maximum atomic E-state index is 9.82. The van der Waals surface area contributed by atoms with Crippen LogP contribution in [0, 0.1) is 23.7 Å². The van der Waals surface area contributed by atoms with Gasteiger partial charge in [0.1, 0.15) is 5.78 Å². The van der Waals surface area contributed by atoms with Crippen LogP contribution in [0.1, 0.15) is 87.0 Å². The van der Waals surface area contributed by atoms with Crippen LogP contribution in [0.3, 0.4) is 0 Å². The minimum atomic E-state index is -0.833. The van der Waals surface area contributed by atoms with Gasteiger partial charge in [-0.2, -0.15) is 0 Å². The Morgan fingerprint density at radius 1 is 0.614 bits per heavy atom. The van der Waals surface area contributed by atoms with E-state index < -0.39 is 11.9 Å². The van der Waals surface area contributed by atoms with Gasteiger partial charge < -0.3 is 24.9 Å². The second kappa shape index (κ2) is 35.1. The van der Waals surface area contributed by atoms with Gasteiger partial charge in [0.05, 0.1) is 6.61 Å². The van der Waals surface area contributed by atoms with Crippen molar-refractivity contribution in [2.45, 2.75) is 87.0 Å². The number of carboxylic acids is 2. The molecule has 3 aliphatic rings. The van der Waals surface area contributed by atoms with Crippen molar-refractivity contribution in [2.24, 2.45) is 23.7 Å². The summed E-state index contributed by atoms with van der Waals surface area (Å²) in [5.74, 6) is 3.09. The predicted molar refractivity (Wildman–Crippen MR) is 173 cm³/mol. The van der Waals surface area contributed by atoms with E-state index >= 15 is 0 Å². The second-order valence-corrected chi connectivity index (χ2v) is 10.1. The summed E-state index contributed by atoms with van der Waals surface area (Å²) in [5.41, 5.74) is 0. The van der Waals surface area contributed by atoms with E-state index in [4.69, 9.17) is 24.9 Å². The Labute approximate surface area is 290 Å². The summed E-state index contributed by atoms with van der Waals surface area (Å²) in [4.78, 5) is 37.3. The number of carbonyl (C=O) groups is 4. The van der Waals surface area contributed by atoms with Crippen LogP contribution in [0.4, 0.5) is 0 Å². The van der Waals surface area contributed by atoms with Crippen LogP contribution in [-0.2, 0) is 56.6 Å². The van der Waals surface area contributed by atoms with Gasteiger partial charge in [0.25, 0.3) is 11.9 Å². The minimum absolute atomic E-state index is 0. The van der Waals surface area contributed by atoms with Gasteiger partial charge in [0.15, 0.2) is 0 Å². The Balaban J connectivity index is -0.000000215. The molecule has 0 aromatic heterocycles. The van der Waals surface area contributed by atoms with Crippen LogP contribution in [-0.4, -0.2) is 52.2 Å². The van der Waals surface area contributed by atoms with Crippen LogP contribution in [0.15, 0.2) is 72.8 Å². The Hall–Kier alpha value is -2.42. The molecule has 247 valence electrons. The van der Waals surface area contributed by atoms with E-state index in [9.17, 15) is 9.59 Å². The maximum absolute atomic E-state index is 9.82. The first-order valence-electron chi connectivity index (χ1n) is 14.9. The van der Waals surface area contributed by atoms with Crippen molar-refractivity contribution in [1.29, 1.82) is 0 Å². The van der Waals surface area contributed by atoms with Gasteiger partial charge in [0.2, 0.25) is 0 Å². The van der Waals surface area contributed by atoms with Crippen molar-refractivity contribution in [3.8, 4) is 0 Å². The average Bonchev–Trinajstić information content (AvgIpc) is 3.68. The molecule has 3 aliphatic carbocycles. The molecule has 0 aliphatic heterocycles. The average molecular weight is 694 g/mol. The van der Waals surface area contributed by atoms with Crippen molar-refractivity contribution in [2.75, 3.05) is 13.2 Å². The molecule has 0 saturated heterocycles. The fraction of sp³-hybridized carbons (Fsp3) is 0.543. The number of carboxylic acid groups (broad SMARTS) is 2. The van der Waals surface area contributed by atoms with Gasteiger partial charge in [-0.1, -0.05) is 79.2 Å².